The second-order valence-corrected chi connectivity index (χ2v) is 9.03. The van der Waals surface area contributed by atoms with Crippen molar-refractivity contribution in [3.63, 3.8) is 0 Å². The van der Waals surface area contributed by atoms with Gasteiger partial charge in [0.2, 0.25) is 15.9 Å². The monoisotopic (exact) mass is 499 g/mol. The molecule has 196 valence electrons. The predicted molar refractivity (Wildman–Crippen MR) is 122 cm³/mol. The van der Waals surface area contributed by atoms with Crippen molar-refractivity contribution in [2.75, 3.05) is 71.7 Å². The van der Waals surface area contributed by atoms with Gasteiger partial charge < -0.3 is 35.1 Å². The molecule has 12 nitrogen and oxygen atoms in total. The Labute approximate surface area is 196 Å². The molecule has 0 rings (SSSR count). The number of unbranched alkanes of at least 4 members (excludes halogenated alkanes) is 1. The van der Waals surface area contributed by atoms with Crippen molar-refractivity contribution in [3.8, 4) is 0 Å². The second kappa shape index (κ2) is 21.2. The number of hydrogen-bond donors (Lipinski definition) is 4. The molecule has 13 heteroatoms. The minimum Gasteiger partial charge on any atom is -0.480 e. The molecule has 0 fully saturated rings. The van der Waals surface area contributed by atoms with Gasteiger partial charge in [-0.2, -0.15) is 0 Å². The van der Waals surface area contributed by atoms with E-state index in [1.54, 1.807) is 0 Å². The summed E-state index contributed by atoms with van der Waals surface area (Å²) in [7, 11) is -3.85. The molecule has 5 N–H and O–H groups in total. The molecule has 0 aliphatic heterocycles. The minimum atomic E-state index is -3.85. The van der Waals surface area contributed by atoms with Gasteiger partial charge in [0.1, 0.15) is 6.04 Å². The van der Waals surface area contributed by atoms with E-state index in [2.05, 4.69) is 10.0 Å². The van der Waals surface area contributed by atoms with Gasteiger partial charge in [-0.1, -0.05) is 13.3 Å². The van der Waals surface area contributed by atoms with E-state index >= 15 is 0 Å². The topological polar surface area (TPSA) is 176 Å². The summed E-state index contributed by atoms with van der Waals surface area (Å²) in [5, 5.41) is 11.6. The summed E-state index contributed by atoms with van der Waals surface area (Å²) >= 11 is 0. The van der Waals surface area contributed by atoms with Gasteiger partial charge in [0.25, 0.3) is 0 Å². The molecule has 1 amide bonds. The molecule has 0 bridgehead atoms. The number of rotatable bonds is 24. The van der Waals surface area contributed by atoms with Gasteiger partial charge >= 0.3 is 5.97 Å². The first kappa shape index (κ1) is 31.6. The van der Waals surface area contributed by atoms with Crippen LogP contribution in [0.25, 0.3) is 0 Å². The number of carbonyl (C=O) groups is 2. The predicted octanol–water partition coefficient (Wildman–Crippen LogP) is -0.529. The van der Waals surface area contributed by atoms with Gasteiger partial charge in [-0.3, -0.25) is 9.59 Å². The molecular weight excluding hydrogens is 458 g/mol. The molecule has 0 saturated carbocycles. The zero-order valence-electron chi connectivity index (χ0n) is 19.6. The fourth-order valence-electron chi connectivity index (χ4n) is 2.49. The normalized spacial score (nSPS) is 12.5. The molecular formula is C20H41N3O9S. The van der Waals surface area contributed by atoms with Crippen LogP contribution in [-0.4, -0.2) is 103 Å². The van der Waals surface area contributed by atoms with Crippen LogP contribution >= 0.6 is 0 Å². The lowest BCUT2D eigenvalue weighted by atomic mass is 10.1. The van der Waals surface area contributed by atoms with Crippen molar-refractivity contribution in [2.24, 2.45) is 5.73 Å². The maximum atomic E-state index is 12.0. The first-order valence-electron chi connectivity index (χ1n) is 11.3. The lowest BCUT2D eigenvalue weighted by Crippen LogP contribution is -2.43. The van der Waals surface area contributed by atoms with Crippen LogP contribution in [0.2, 0.25) is 0 Å². The summed E-state index contributed by atoms with van der Waals surface area (Å²) in [6.45, 7) is 5.93. The summed E-state index contributed by atoms with van der Waals surface area (Å²) < 4.78 is 47.5. The Hall–Kier alpha value is -1.35. The highest BCUT2D eigenvalue weighted by Crippen LogP contribution is 2.03. The van der Waals surface area contributed by atoms with E-state index in [0.717, 1.165) is 13.0 Å². The van der Waals surface area contributed by atoms with Crippen molar-refractivity contribution in [1.82, 2.24) is 10.0 Å². The summed E-state index contributed by atoms with van der Waals surface area (Å²) in [6, 6.07) is -1.21. The maximum Gasteiger partial charge on any atom is 0.321 e. The fourth-order valence-corrected chi connectivity index (χ4v) is 3.63. The Kier molecular flexibility index (Phi) is 20.3. The van der Waals surface area contributed by atoms with Crippen LogP contribution in [0, 0.1) is 0 Å². The fraction of sp³-hybridized carbons (Fsp3) is 0.900. The number of aliphatic carboxylic acids is 1. The largest absolute Gasteiger partial charge is 0.480 e. The number of carboxylic acids is 1. The van der Waals surface area contributed by atoms with E-state index < -0.39 is 27.8 Å². The molecule has 0 saturated heterocycles. The number of carboxylic acid groups (broad SMARTS) is 1. The highest BCUT2D eigenvalue weighted by Gasteiger charge is 2.23. The van der Waals surface area contributed by atoms with Crippen LogP contribution in [0.5, 0.6) is 0 Å². The van der Waals surface area contributed by atoms with Crippen LogP contribution in [0.3, 0.4) is 0 Å². The average Bonchev–Trinajstić information content (AvgIpc) is 2.76. The molecule has 0 aromatic carbocycles. The molecule has 0 unspecified atom stereocenters. The maximum absolute atomic E-state index is 12.0. The number of ether oxygens (including phenoxy) is 4. The number of hydrogen-bond acceptors (Lipinski definition) is 9. The first-order valence-corrected chi connectivity index (χ1v) is 13.0. The van der Waals surface area contributed by atoms with E-state index in [4.69, 9.17) is 29.8 Å². The van der Waals surface area contributed by atoms with Crippen LogP contribution in [0.15, 0.2) is 0 Å². The molecule has 0 radical (unpaired) electrons. The first-order chi connectivity index (χ1) is 15.8. The molecule has 0 aromatic heterocycles. The lowest BCUT2D eigenvalue weighted by Gasteiger charge is -2.14. The van der Waals surface area contributed by atoms with Crippen LogP contribution in [0.4, 0.5) is 0 Å². The lowest BCUT2D eigenvalue weighted by molar-refractivity contribution is -0.139. The number of carbonyl (C=O) groups excluding carboxylic acids is 1. The quantitative estimate of drug-likeness (QED) is 0.126. The van der Waals surface area contributed by atoms with Gasteiger partial charge in [0.15, 0.2) is 0 Å². The SMILES string of the molecule is CCCOCCOCCOCCOCCC(=O)NCCS(=O)(=O)N[C@@H](CCCCN)C(=O)O. The van der Waals surface area contributed by atoms with E-state index in [1.807, 2.05) is 6.92 Å². The summed E-state index contributed by atoms with van der Waals surface area (Å²) in [6.07, 6.45) is 2.32. The molecule has 0 aromatic rings. The van der Waals surface area contributed by atoms with Crippen molar-refractivity contribution < 1.29 is 42.1 Å². The highest BCUT2D eigenvalue weighted by atomic mass is 32.2. The molecule has 0 spiro atoms. The van der Waals surface area contributed by atoms with Crippen LogP contribution in [-0.2, 0) is 38.6 Å². The van der Waals surface area contributed by atoms with Crippen molar-refractivity contribution in [3.05, 3.63) is 0 Å². The summed E-state index contributed by atoms with van der Waals surface area (Å²) in [4.78, 5) is 23.0. The van der Waals surface area contributed by atoms with Gasteiger partial charge in [-0.25, -0.2) is 13.1 Å². The zero-order chi connectivity index (χ0) is 24.8. The third kappa shape index (κ3) is 21.0. The molecule has 1 atom stereocenters. The standard InChI is InChI=1S/C20H41N3O9S/c1-2-9-29-11-13-31-15-16-32-14-12-30-10-6-19(24)22-8-17-33(27,28)23-18(20(25)26)5-3-4-7-21/h18,23H,2-17,21H2,1H3,(H,22,24)(H,25,26)/t18-/m0/s1. The number of sulfonamides is 1. The van der Waals surface area contributed by atoms with E-state index in [0.29, 0.717) is 59.0 Å². The third-order valence-electron chi connectivity index (χ3n) is 4.20. The van der Waals surface area contributed by atoms with Crippen molar-refractivity contribution in [2.45, 2.75) is 45.1 Å². The Morgan fingerprint density at radius 2 is 1.45 bits per heavy atom. The number of amides is 1. The molecule has 33 heavy (non-hydrogen) atoms. The van der Waals surface area contributed by atoms with E-state index in [9.17, 15) is 18.0 Å². The smallest absolute Gasteiger partial charge is 0.321 e. The number of nitrogens with two attached hydrogens (primary N) is 1. The van der Waals surface area contributed by atoms with E-state index in [1.165, 1.54) is 0 Å². The Balaban J connectivity index is 3.71. The van der Waals surface area contributed by atoms with Gasteiger partial charge in [-0.15, -0.1) is 0 Å². The molecule has 0 heterocycles. The zero-order valence-corrected chi connectivity index (χ0v) is 20.4. The number of nitrogens with one attached hydrogen (secondary N) is 2. The Morgan fingerprint density at radius 3 is 1.97 bits per heavy atom. The molecule has 0 aliphatic carbocycles. The average molecular weight is 500 g/mol. The highest BCUT2D eigenvalue weighted by molar-refractivity contribution is 7.89. The second-order valence-electron chi connectivity index (χ2n) is 7.16. The van der Waals surface area contributed by atoms with Gasteiger partial charge in [-0.05, 0) is 25.8 Å². The Morgan fingerprint density at radius 1 is 0.909 bits per heavy atom. The van der Waals surface area contributed by atoms with Gasteiger partial charge in [0, 0.05) is 19.6 Å². The van der Waals surface area contributed by atoms with Crippen molar-refractivity contribution >= 4 is 21.9 Å². The van der Waals surface area contributed by atoms with Crippen LogP contribution < -0.4 is 15.8 Å². The summed E-state index contributed by atoms with van der Waals surface area (Å²) in [5.41, 5.74) is 5.36. The Bertz CT molecular complexity index is 606. The van der Waals surface area contributed by atoms with Crippen molar-refractivity contribution in [1.29, 1.82) is 0 Å². The van der Waals surface area contributed by atoms with Gasteiger partial charge in [0.05, 0.1) is 52.0 Å². The third-order valence-corrected chi connectivity index (χ3v) is 5.58. The molecule has 0 aliphatic rings. The van der Waals surface area contributed by atoms with Crippen LogP contribution in [0.1, 0.15) is 39.0 Å². The van der Waals surface area contributed by atoms with E-state index in [-0.39, 0.29) is 31.9 Å². The minimum absolute atomic E-state index is 0.0746. The summed E-state index contributed by atoms with van der Waals surface area (Å²) in [5.74, 6) is -2.02.